The van der Waals surface area contributed by atoms with Crippen molar-refractivity contribution in [1.82, 2.24) is 10.6 Å². The molecule has 13 heavy (non-hydrogen) atoms. The van der Waals surface area contributed by atoms with Gasteiger partial charge in [0.15, 0.2) is 0 Å². The summed E-state index contributed by atoms with van der Waals surface area (Å²) in [6.07, 6.45) is 0. The van der Waals surface area contributed by atoms with Crippen molar-refractivity contribution in [3.8, 4) is 0 Å². The zero-order chi connectivity index (χ0) is 10.3. The van der Waals surface area contributed by atoms with Gasteiger partial charge >= 0.3 is 5.97 Å². The van der Waals surface area contributed by atoms with Crippen molar-refractivity contribution in [3.05, 3.63) is 0 Å². The Morgan fingerprint density at radius 1 is 1.46 bits per heavy atom. The summed E-state index contributed by atoms with van der Waals surface area (Å²) in [5, 5.41) is 13.9. The van der Waals surface area contributed by atoms with Gasteiger partial charge in [0.1, 0.15) is 0 Å². The number of carboxylic acids is 1. The Hall–Kier alpha value is -1.10. The molecule has 0 aliphatic carbocycles. The Morgan fingerprint density at radius 2 is 2.08 bits per heavy atom. The summed E-state index contributed by atoms with van der Waals surface area (Å²) in [5.74, 6) is -1.61. The second-order valence-electron chi connectivity index (χ2n) is 2.82. The third-order valence-electron chi connectivity index (χ3n) is 1.56. The van der Waals surface area contributed by atoms with E-state index in [1.165, 1.54) is 0 Å². The van der Waals surface area contributed by atoms with Gasteiger partial charge in [-0.1, -0.05) is 13.8 Å². The van der Waals surface area contributed by atoms with Crippen molar-refractivity contribution >= 4 is 11.9 Å². The lowest BCUT2D eigenvalue weighted by molar-refractivity contribution is -0.141. The largest absolute Gasteiger partial charge is 0.481 e. The van der Waals surface area contributed by atoms with E-state index in [0.717, 1.165) is 6.54 Å². The maximum atomic E-state index is 11.0. The first kappa shape index (κ1) is 11.9. The highest BCUT2D eigenvalue weighted by Crippen LogP contribution is 1.90. The molecule has 5 nitrogen and oxygen atoms in total. The molecule has 3 N–H and O–H groups in total. The van der Waals surface area contributed by atoms with Crippen LogP contribution in [0.25, 0.3) is 0 Å². The zero-order valence-corrected chi connectivity index (χ0v) is 7.96. The van der Waals surface area contributed by atoms with E-state index in [2.05, 4.69) is 10.6 Å². The van der Waals surface area contributed by atoms with E-state index in [1.54, 1.807) is 6.92 Å². The second-order valence-corrected chi connectivity index (χ2v) is 2.82. The van der Waals surface area contributed by atoms with E-state index in [9.17, 15) is 9.59 Å². The number of hydrogen-bond acceptors (Lipinski definition) is 3. The predicted octanol–water partition coefficient (Wildman–Crippen LogP) is -0.567. The molecule has 0 rings (SSSR count). The van der Waals surface area contributed by atoms with Crippen molar-refractivity contribution in [2.75, 3.05) is 19.6 Å². The fourth-order valence-electron chi connectivity index (χ4n) is 0.655. The van der Waals surface area contributed by atoms with Crippen molar-refractivity contribution in [2.45, 2.75) is 13.8 Å². The third-order valence-corrected chi connectivity index (χ3v) is 1.56. The molecule has 0 aliphatic rings. The van der Waals surface area contributed by atoms with Crippen molar-refractivity contribution in [2.24, 2.45) is 5.92 Å². The quantitative estimate of drug-likeness (QED) is 0.521. The molecule has 5 heteroatoms. The van der Waals surface area contributed by atoms with Crippen molar-refractivity contribution in [3.63, 3.8) is 0 Å². The zero-order valence-electron chi connectivity index (χ0n) is 7.96. The predicted molar refractivity (Wildman–Crippen MR) is 48.4 cm³/mol. The molecular formula is C8H16N2O3. The van der Waals surface area contributed by atoms with E-state index in [0.29, 0.717) is 0 Å². The summed E-state index contributed by atoms with van der Waals surface area (Å²) in [7, 11) is 0. The summed E-state index contributed by atoms with van der Waals surface area (Å²) >= 11 is 0. The van der Waals surface area contributed by atoms with E-state index in [4.69, 9.17) is 5.11 Å². The van der Waals surface area contributed by atoms with Gasteiger partial charge < -0.3 is 15.7 Å². The number of carboxylic acid groups (broad SMARTS) is 1. The smallest absolute Gasteiger partial charge is 0.308 e. The third kappa shape index (κ3) is 6.10. The summed E-state index contributed by atoms with van der Waals surface area (Å²) in [5.41, 5.74) is 0. The summed E-state index contributed by atoms with van der Waals surface area (Å²) < 4.78 is 0. The molecule has 0 saturated carbocycles. The molecule has 0 aromatic heterocycles. The van der Waals surface area contributed by atoms with E-state index < -0.39 is 11.9 Å². The average Bonchev–Trinajstić information content (AvgIpc) is 2.10. The van der Waals surface area contributed by atoms with Crippen LogP contribution in [0.4, 0.5) is 0 Å². The first-order valence-corrected chi connectivity index (χ1v) is 4.28. The highest BCUT2D eigenvalue weighted by Gasteiger charge is 2.11. The Labute approximate surface area is 77.5 Å². The molecule has 0 fully saturated rings. The minimum absolute atomic E-state index is 0.171. The minimum atomic E-state index is -0.899. The number of likely N-dealkylation sites (N-methyl/N-ethyl adjacent to an activating group) is 1. The van der Waals surface area contributed by atoms with Gasteiger partial charge in [-0.15, -0.1) is 0 Å². The van der Waals surface area contributed by atoms with E-state index in [-0.39, 0.29) is 19.0 Å². The summed E-state index contributed by atoms with van der Waals surface area (Å²) in [4.78, 5) is 21.3. The Bertz CT molecular complexity index is 182. The number of aliphatic carboxylic acids is 1. The number of carbonyl (C=O) groups is 2. The summed E-state index contributed by atoms with van der Waals surface area (Å²) in [6, 6.07) is 0. The van der Waals surface area contributed by atoms with Gasteiger partial charge in [0.25, 0.3) is 0 Å². The standard InChI is InChI=1S/C8H16N2O3/c1-3-9-5-7(11)10-4-6(2)8(12)13/h6,9H,3-5H2,1-2H3,(H,10,11)(H,12,13). The van der Waals surface area contributed by atoms with Crippen LogP contribution in [0, 0.1) is 5.92 Å². The lowest BCUT2D eigenvalue weighted by Gasteiger charge is -2.08. The van der Waals surface area contributed by atoms with Crippen molar-refractivity contribution in [1.29, 1.82) is 0 Å². The molecule has 1 atom stereocenters. The highest BCUT2D eigenvalue weighted by molar-refractivity contribution is 5.79. The van der Waals surface area contributed by atoms with Crippen LogP contribution in [0.3, 0.4) is 0 Å². The first-order chi connectivity index (χ1) is 6.07. The number of amides is 1. The molecule has 0 heterocycles. The fourth-order valence-corrected chi connectivity index (χ4v) is 0.655. The molecule has 0 aromatic rings. The Kier molecular flexibility index (Phi) is 5.88. The second kappa shape index (κ2) is 6.42. The molecule has 0 aromatic carbocycles. The van der Waals surface area contributed by atoms with Gasteiger partial charge in [-0.25, -0.2) is 0 Å². The van der Waals surface area contributed by atoms with Crippen LogP contribution < -0.4 is 10.6 Å². The van der Waals surface area contributed by atoms with Gasteiger partial charge in [-0.3, -0.25) is 9.59 Å². The topological polar surface area (TPSA) is 78.4 Å². The number of hydrogen-bond donors (Lipinski definition) is 3. The molecule has 0 radical (unpaired) electrons. The fraction of sp³-hybridized carbons (Fsp3) is 0.750. The van der Waals surface area contributed by atoms with Gasteiger partial charge in [0.05, 0.1) is 12.5 Å². The number of rotatable bonds is 6. The maximum Gasteiger partial charge on any atom is 0.308 e. The van der Waals surface area contributed by atoms with Crippen molar-refractivity contribution < 1.29 is 14.7 Å². The van der Waals surface area contributed by atoms with Gasteiger partial charge in [0.2, 0.25) is 5.91 Å². The van der Waals surface area contributed by atoms with E-state index >= 15 is 0 Å². The molecule has 1 unspecified atom stereocenters. The highest BCUT2D eigenvalue weighted by atomic mass is 16.4. The number of nitrogens with one attached hydrogen (secondary N) is 2. The molecule has 0 spiro atoms. The Balaban J connectivity index is 3.52. The molecule has 0 aliphatic heterocycles. The average molecular weight is 188 g/mol. The van der Waals surface area contributed by atoms with Crippen LogP contribution in [0.5, 0.6) is 0 Å². The molecular weight excluding hydrogens is 172 g/mol. The van der Waals surface area contributed by atoms with Crippen LogP contribution in [-0.2, 0) is 9.59 Å². The van der Waals surface area contributed by atoms with Crippen LogP contribution in [-0.4, -0.2) is 36.6 Å². The summed E-state index contributed by atoms with van der Waals surface area (Å²) in [6.45, 7) is 4.59. The maximum absolute atomic E-state index is 11.0. The number of carbonyl (C=O) groups excluding carboxylic acids is 1. The molecule has 0 saturated heterocycles. The van der Waals surface area contributed by atoms with Crippen LogP contribution >= 0.6 is 0 Å². The molecule has 1 amide bonds. The van der Waals surface area contributed by atoms with Gasteiger partial charge in [0, 0.05) is 6.54 Å². The van der Waals surface area contributed by atoms with Crippen LogP contribution in [0.1, 0.15) is 13.8 Å². The van der Waals surface area contributed by atoms with Gasteiger partial charge in [-0.05, 0) is 6.54 Å². The lowest BCUT2D eigenvalue weighted by Crippen LogP contribution is -2.37. The van der Waals surface area contributed by atoms with Crippen LogP contribution in [0.2, 0.25) is 0 Å². The molecule has 76 valence electrons. The SMILES string of the molecule is CCNCC(=O)NCC(C)C(=O)O. The first-order valence-electron chi connectivity index (χ1n) is 4.28. The normalized spacial score (nSPS) is 12.2. The monoisotopic (exact) mass is 188 g/mol. The Morgan fingerprint density at radius 3 is 2.54 bits per heavy atom. The lowest BCUT2D eigenvalue weighted by atomic mass is 10.2. The van der Waals surface area contributed by atoms with Gasteiger partial charge in [-0.2, -0.15) is 0 Å². The molecule has 0 bridgehead atoms. The van der Waals surface area contributed by atoms with E-state index in [1.807, 2.05) is 6.92 Å². The minimum Gasteiger partial charge on any atom is -0.481 e. The van der Waals surface area contributed by atoms with Crippen LogP contribution in [0.15, 0.2) is 0 Å².